The zero-order valence-corrected chi connectivity index (χ0v) is 13.4. The Kier molecular flexibility index (Phi) is 7.49. The first kappa shape index (κ1) is 17.2. The molecule has 116 valence electrons. The molecule has 0 heterocycles. The molecule has 1 aromatic rings. The van der Waals surface area contributed by atoms with Gasteiger partial charge in [0.15, 0.2) is 11.5 Å². The van der Waals surface area contributed by atoms with Crippen LogP contribution in [0.1, 0.15) is 37.8 Å². The van der Waals surface area contributed by atoms with Crippen molar-refractivity contribution in [3.05, 3.63) is 17.7 Å². The molecule has 21 heavy (non-hydrogen) atoms. The lowest BCUT2D eigenvalue weighted by Gasteiger charge is -2.21. The molecule has 0 aromatic heterocycles. The lowest BCUT2D eigenvalue weighted by atomic mass is 10.00. The van der Waals surface area contributed by atoms with Crippen LogP contribution in [0.15, 0.2) is 12.1 Å². The molecule has 4 heteroatoms. The summed E-state index contributed by atoms with van der Waals surface area (Å²) in [6.07, 6.45) is 8.06. The quantitative estimate of drug-likeness (QED) is 0.560. The Balaban J connectivity index is 3.09. The van der Waals surface area contributed by atoms with E-state index >= 15 is 0 Å². The predicted octanol–water partition coefficient (Wildman–Crippen LogP) is 3.17. The molecule has 0 amide bonds. The molecule has 0 fully saturated rings. The number of terminal acetylenes is 1. The number of hydrogen-bond donors (Lipinski definition) is 1. The summed E-state index contributed by atoms with van der Waals surface area (Å²) in [5.41, 5.74) is 1.11. The molecule has 0 saturated heterocycles. The zero-order chi connectivity index (χ0) is 15.7. The van der Waals surface area contributed by atoms with Gasteiger partial charge >= 0.3 is 0 Å². The van der Waals surface area contributed by atoms with E-state index < -0.39 is 0 Å². The summed E-state index contributed by atoms with van der Waals surface area (Å²) in [7, 11) is 4.86. The Morgan fingerprint density at radius 2 is 1.76 bits per heavy atom. The highest BCUT2D eigenvalue weighted by molar-refractivity contribution is 5.54. The second-order valence-corrected chi connectivity index (χ2v) is 4.67. The number of ether oxygens (including phenoxy) is 3. The molecule has 0 saturated carbocycles. The largest absolute Gasteiger partial charge is 0.493 e. The van der Waals surface area contributed by atoms with Gasteiger partial charge in [0.05, 0.1) is 21.3 Å². The third kappa shape index (κ3) is 4.57. The van der Waals surface area contributed by atoms with Gasteiger partial charge in [0, 0.05) is 12.5 Å². The van der Waals surface area contributed by atoms with E-state index in [1.165, 1.54) is 0 Å². The molecule has 0 aliphatic rings. The maximum atomic E-state index is 5.41. The predicted molar refractivity (Wildman–Crippen MR) is 85.2 cm³/mol. The Morgan fingerprint density at radius 3 is 2.19 bits per heavy atom. The average Bonchev–Trinajstić information content (AvgIpc) is 2.52. The molecular formula is C17H25NO3. The van der Waals surface area contributed by atoms with Crippen molar-refractivity contribution >= 4 is 0 Å². The maximum absolute atomic E-state index is 5.41. The maximum Gasteiger partial charge on any atom is 0.203 e. The Hall–Kier alpha value is -1.86. The second kappa shape index (κ2) is 9.15. The van der Waals surface area contributed by atoms with Crippen LogP contribution >= 0.6 is 0 Å². The van der Waals surface area contributed by atoms with Gasteiger partial charge in [-0.2, -0.15) is 0 Å². The number of methoxy groups -OCH3 is 3. The Morgan fingerprint density at radius 1 is 1.14 bits per heavy atom. The minimum atomic E-state index is 0.219. The minimum Gasteiger partial charge on any atom is -0.493 e. The van der Waals surface area contributed by atoms with Crippen LogP contribution in [-0.2, 0) is 0 Å². The van der Waals surface area contributed by atoms with Gasteiger partial charge in [-0.05, 0) is 37.1 Å². The first-order valence-electron chi connectivity index (χ1n) is 7.18. The number of nitrogens with one attached hydrogen (secondary N) is 1. The summed E-state index contributed by atoms with van der Waals surface area (Å²) in [5, 5.41) is 3.48. The van der Waals surface area contributed by atoms with Crippen molar-refractivity contribution < 1.29 is 14.2 Å². The molecule has 0 bridgehead atoms. The molecule has 4 nitrogen and oxygen atoms in total. The van der Waals surface area contributed by atoms with Gasteiger partial charge in [0.1, 0.15) is 0 Å². The number of hydrogen-bond acceptors (Lipinski definition) is 4. The molecule has 0 aliphatic heterocycles. The van der Waals surface area contributed by atoms with E-state index in [-0.39, 0.29) is 6.04 Å². The fourth-order valence-corrected chi connectivity index (χ4v) is 2.34. The van der Waals surface area contributed by atoms with Gasteiger partial charge in [-0.15, -0.1) is 12.3 Å². The number of rotatable bonds is 9. The normalized spacial score (nSPS) is 11.6. The van der Waals surface area contributed by atoms with Crippen LogP contribution in [0.4, 0.5) is 0 Å². The fourth-order valence-electron chi connectivity index (χ4n) is 2.34. The third-order valence-corrected chi connectivity index (χ3v) is 3.35. The van der Waals surface area contributed by atoms with Crippen molar-refractivity contribution in [1.82, 2.24) is 5.32 Å². The molecule has 1 rings (SSSR count). The van der Waals surface area contributed by atoms with Crippen LogP contribution in [-0.4, -0.2) is 27.9 Å². The summed E-state index contributed by atoms with van der Waals surface area (Å²) in [4.78, 5) is 0. The van der Waals surface area contributed by atoms with Gasteiger partial charge in [-0.1, -0.05) is 6.92 Å². The highest BCUT2D eigenvalue weighted by atomic mass is 16.5. The van der Waals surface area contributed by atoms with Gasteiger partial charge < -0.3 is 19.5 Å². The van der Waals surface area contributed by atoms with E-state index in [4.69, 9.17) is 20.6 Å². The smallest absolute Gasteiger partial charge is 0.203 e. The zero-order valence-electron chi connectivity index (χ0n) is 13.4. The van der Waals surface area contributed by atoms with Crippen LogP contribution in [0.3, 0.4) is 0 Å². The van der Waals surface area contributed by atoms with Crippen molar-refractivity contribution in [3.8, 4) is 29.6 Å². The molecular weight excluding hydrogens is 266 g/mol. The lowest BCUT2D eigenvalue weighted by Crippen LogP contribution is -2.21. The average molecular weight is 291 g/mol. The van der Waals surface area contributed by atoms with Crippen molar-refractivity contribution in [2.75, 3.05) is 27.9 Å². The SMILES string of the molecule is C#CCCCC(NCC)c1cc(OC)c(OC)c(OC)c1. The van der Waals surface area contributed by atoms with Crippen LogP contribution in [0.25, 0.3) is 0 Å². The topological polar surface area (TPSA) is 39.7 Å². The molecule has 1 aromatic carbocycles. The van der Waals surface area contributed by atoms with E-state index in [1.807, 2.05) is 12.1 Å². The molecule has 1 unspecified atom stereocenters. The Bertz CT molecular complexity index is 454. The van der Waals surface area contributed by atoms with Gasteiger partial charge in [0.2, 0.25) is 5.75 Å². The van der Waals surface area contributed by atoms with Crippen molar-refractivity contribution in [2.24, 2.45) is 0 Å². The van der Waals surface area contributed by atoms with E-state index in [0.717, 1.165) is 31.4 Å². The van der Waals surface area contributed by atoms with Crippen LogP contribution < -0.4 is 19.5 Å². The van der Waals surface area contributed by atoms with E-state index in [9.17, 15) is 0 Å². The third-order valence-electron chi connectivity index (χ3n) is 3.35. The van der Waals surface area contributed by atoms with Crippen molar-refractivity contribution in [2.45, 2.75) is 32.2 Å². The van der Waals surface area contributed by atoms with Crippen LogP contribution in [0.2, 0.25) is 0 Å². The second-order valence-electron chi connectivity index (χ2n) is 4.67. The fraction of sp³-hybridized carbons (Fsp3) is 0.529. The van der Waals surface area contributed by atoms with E-state index in [2.05, 4.69) is 18.2 Å². The van der Waals surface area contributed by atoms with Gasteiger partial charge in [0.25, 0.3) is 0 Å². The van der Waals surface area contributed by atoms with Crippen molar-refractivity contribution in [3.63, 3.8) is 0 Å². The van der Waals surface area contributed by atoms with Gasteiger partial charge in [-0.25, -0.2) is 0 Å². The lowest BCUT2D eigenvalue weighted by molar-refractivity contribution is 0.322. The summed E-state index contributed by atoms with van der Waals surface area (Å²) >= 11 is 0. The van der Waals surface area contributed by atoms with E-state index in [1.54, 1.807) is 21.3 Å². The first-order chi connectivity index (χ1) is 10.2. The number of benzene rings is 1. The monoisotopic (exact) mass is 291 g/mol. The molecule has 0 radical (unpaired) electrons. The highest BCUT2D eigenvalue weighted by Crippen LogP contribution is 2.40. The summed E-state index contributed by atoms with van der Waals surface area (Å²) in [6, 6.07) is 4.20. The molecule has 1 atom stereocenters. The van der Waals surface area contributed by atoms with Gasteiger partial charge in [-0.3, -0.25) is 0 Å². The molecule has 1 N–H and O–H groups in total. The van der Waals surface area contributed by atoms with E-state index in [0.29, 0.717) is 17.2 Å². The molecule has 0 aliphatic carbocycles. The molecule has 0 spiro atoms. The van der Waals surface area contributed by atoms with Crippen molar-refractivity contribution in [1.29, 1.82) is 0 Å². The summed E-state index contributed by atoms with van der Waals surface area (Å²) < 4.78 is 16.2. The summed E-state index contributed by atoms with van der Waals surface area (Å²) in [6.45, 7) is 2.98. The number of unbranched alkanes of at least 4 members (excludes halogenated alkanes) is 1. The Labute approximate surface area is 127 Å². The highest BCUT2D eigenvalue weighted by Gasteiger charge is 2.18. The first-order valence-corrected chi connectivity index (χ1v) is 7.18. The van der Waals surface area contributed by atoms with Crippen LogP contribution in [0, 0.1) is 12.3 Å². The van der Waals surface area contributed by atoms with Crippen LogP contribution in [0.5, 0.6) is 17.2 Å². The minimum absolute atomic E-state index is 0.219. The summed E-state index contributed by atoms with van der Waals surface area (Å²) in [5.74, 6) is 4.64. The standard InChI is InChI=1S/C17H25NO3/c1-6-8-9-10-14(18-7-2)13-11-15(19-3)17(21-5)16(12-13)20-4/h1,11-12,14,18H,7-10H2,2-5H3.